The lowest BCUT2D eigenvalue weighted by Crippen LogP contribution is -2.28. The molecule has 0 saturated heterocycles. The lowest BCUT2D eigenvalue weighted by atomic mass is 10.1. The predicted molar refractivity (Wildman–Crippen MR) is 98.9 cm³/mol. The third kappa shape index (κ3) is 4.27. The fourth-order valence-electron chi connectivity index (χ4n) is 2.69. The fraction of sp³-hybridized carbons (Fsp3) is 0.222. The average Bonchev–Trinajstić information content (AvgIpc) is 2.96. The highest BCUT2D eigenvalue weighted by Crippen LogP contribution is 2.22. The van der Waals surface area contributed by atoms with Gasteiger partial charge in [0.15, 0.2) is 5.58 Å². The molecule has 1 amide bonds. The summed E-state index contributed by atoms with van der Waals surface area (Å²) in [5.74, 6) is -0.465. The van der Waals surface area contributed by atoms with Gasteiger partial charge in [-0.1, -0.05) is 29.4 Å². The molecule has 7 nitrogen and oxygen atoms in total. The van der Waals surface area contributed by atoms with E-state index in [1.807, 2.05) is 0 Å². The number of nitrogens with zero attached hydrogens (tertiary/aromatic N) is 1. The Morgan fingerprint density at radius 1 is 1.19 bits per heavy atom. The van der Waals surface area contributed by atoms with E-state index < -0.39 is 16.1 Å². The second kappa shape index (κ2) is 7.27. The molecule has 0 saturated carbocycles. The molecule has 0 aliphatic carbocycles. The summed E-state index contributed by atoms with van der Waals surface area (Å²) in [7, 11) is -3.64. The molecule has 8 heteroatoms. The Morgan fingerprint density at radius 2 is 1.96 bits per heavy atom. The van der Waals surface area contributed by atoms with Gasteiger partial charge in [0, 0.05) is 24.0 Å². The first-order valence-corrected chi connectivity index (χ1v) is 9.70. The van der Waals surface area contributed by atoms with Crippen LogP contribution in [0.4, 0.5) is 5.69 Å². The van der Waals surface area contributed by atoms with Gasteiger partial charge in [0.2, 0.25) is 15.9 Å². The van der Waals surface area contributed by atoms with E-state index in [0.29, 0.717) is 22.4 Å². The van der Waals surface area contributed by atoms with Crippen molar-refractivity contribution in [3.8, 4) is 0 Å². The first kappa shape index (κ1) is 18.1. The van der Waals surface area contributed by atoms with Crippen molar-refractivity contribution in [2.75, 3.05) is 5.32 Å². The molecule has 1 atom stereocenters. The fourth-order valence-corrected chi connectivity index (χ4v) is 4.02. The molecule has 0 bridgehead atoms. The van der Waals surface area contributed by atoms with Gasteiger partial charge in [-0.15, -0.1) is 0 Å². The van der Waals surface area contributed by atoms with Crippen LogP contribution < -0.4 is 10.0 Å². The Kier molecular flexibility index (Phi) is 5.06. The molecule has 0 aliphatic rings. The van der Waals surface area contributed by atoms with E-state index in [1.54, 1.807) is 55.5 Å². The normalized spacial score (nSPS) is 12.8. The van der Waals surface area contributed by atoms with Crippen LogP contribution in [0, 0.1) is 0 Å². The third-order valence-corrected chi connectivity index (χ3v) is 5.21. The largest absolute Gasteiger partial charge is 0.356 e. The van der Waals surface area contributed by atoms with Crippen molar-refractivity contribution in [2.24, 2.45) is 0 Å². The number of fused-ring (bicyclic) bond motifs is 1. The zero-order valence-electron chi connectivity index (χ0n) is 14.4. The molecular weight excluding hydrogens is 354 g/mol. The van der Waals surface area contributed by atoms with Gasteiger partial charge in [-0.05, 0) is 36.8 Å². The second-order valence-corrected chi connectivity index (χ2v) is 7.78. The molecule has 136 valence electrons. The standard InChI is InChI=1S/C18H19N3O4S/c1-12(14-6-5-7-15(10-14)19-13(2)22)21-26(23,24)11-17-16-8-3-4-9-18(16)25-20-17/h3-10,12,21H,11H2,1-2H3,(H,19,22)/t12-/m0/s1. The molecule has 2 aromatic carbocycles. The summed E-state index contributed by atoms with van der Waals surface area (Å²) >= 11 is 0. The Bertz CT molecular complexity index is 1040. The molecule has 0 aliphatic heterocycles. The number of anilines is 1. The number of rotatable bonds is 6. The van der Waals surface area contributed by atoms with Crippen LogP contribution in [0.15, 0.2) is 53.1 Å². The van der Waals surface area contributed by atoms with Crippen LogP contribution in [-0.4, -0.2) is 19.5 Å². The van der Waals surface area contributed by atoms with Gasteiger partial charge in [-0.25, -0.2) is 13.1 Å². The van der Waals surface area contributed by atoms with Gasteiger partial charge in [-0.2, -0.15) is 0 Å². The number of nitrogens with one attached hydrogen (secondary N) is 2. The smallest absolute Gasteiger partial charge is 0.221 e. The minimum absolute atomic E-state index is 0.187. The summed E-state index contributed by atoms with van der Waals surface area (Å²) in [6, 6.07) is 13.7. The number of hydrogen-bond donors (Lipinski definition) is 2. The zero-order chi connectivity index (χ0) is 18.7. The molecule has 1 aromatic heterocycles. The second-order valence-electron chi connectivity index (χ2n) is 6.03. The summed E-state index contributed by atoms with van der Waals surface area (Å²) in [6.07, 6.45) is 0. The summed E-state index contributed by atoms with van der Waals surface area (Å²) < 4.78 is 32.8. The zero-order valence-corrected chi connectivity index (χ0v) is 15.2. The first-order chi connectivity index (χ1) is 12.3. The van der Waals surface area contributed by atoms with Crippen molar-refractivity contribution in [3.05, 3.63) is 59.8 Å². The Balaban J connectivity index is 1.75. The van der Waals surface area contributed by atoms with Crippen LogP contribution in [0.3, 0.4) is 0 Å². The Morgan fingerprint density at radius 3 is 2.73 bits per heavy atom. The molecule has 0 unspecified atom stereocenters. The SMILES string of the molecule is CC(=O)Nc1cccc([C@H](C)NS(=O)(=O)Cc2noc3ccccc23)c1. The van der Waals surface area contributed by atoms with Crippen LogP contribution in [-0.2, 0) is 20.6 Å². The molecule has 1 heterocycles. The van der Waals surface area contributed by atoms with Crippen LogP contribution in [0.25, 0.3) is 11.0 Å². The highest BCUT2D eigenvalue weighted by Gasteiger charge is 2.20. The Hall–Kier alpha value is -2.71. The minimum Gasteiger partial charge on any atom is -0.356 e. The number of amides is 1. The van der Waals surface area contributed by atoms with Gasteiger partial charge < -0.3 is 9.84 Å². The quantitative estimate of drug-likeness (QED) is 0.692. The van der Waals surface area contributed by atoms with Gasteiger partial charge in [0.25, 0.3) is 0 Å². The maximum absolute atomic E-state index is 12.5. The van der Waals surface area contributed by atoms with Crippen molar-refractivity contribution < 1.29 is 17.7 Å². The molecule has 26 heavy (non-hydrogen) atoms. The maximum atomic E-state index is 12.5. The molecule has 2 N–H and O–H groups in total. The van der Waals surface area contributed by atoms with Gasteiger partial charge >= 0.3 is 0 Å². The van der Waals surface area contributed by atoms with E-state index in [0.717, 1.165) is 5.56 Å². The minimum atomic E-state index is -3.64. The van der Waals surface area contributed by atoms with E-state index >= 15 is 0 Å². The van der Waals surface area contributed by atoms with E-state index in [2.05, 4.69) is 15.2 Å². The molecule has 3 rings (SSSR count). The number of para-hydroxylation sites is 1. The van der Waals surface area contributed by atoms with Gasteiger partial charge in [0.1, 0.15) is 11.4 Å². The number of carbonyl (C=O) groups excluding carboxylic acids is 1. The average molecular weight is 373 g/mol. The van der Waals surface area contributed by atoms with Gasteiger partial charge in [0.05, 0.1) is 0 Å². The van der Waals surface area contributed by atoms with Crippen LogP contribution >= 0.6 is 0 Å². The van der Waals surface area contributed by atoms with E-state index in [-0.39, 0.29) is 11.7 Å². The highest BCUT2D eigenvalue weighted by molar-refractivity contribution is 7.88. The maximum Gasteiger partial charge on any atom is 0.221 e. The van der Waals surface area contributed by atoms with Crippen LogP contribution in [0.2, 0.25) is 0 Å². The number of benzene rings is 2. The van der Waals surface area contributed by atoms with Crippen molar-refractivity contribution in [3.63, 3.8) is 0 Å². The summed E-state index contributed by atoms with van der Waals surface area (Å²) in [5.41, 5.74) is 2.27. The van der Waals surface area contributed by atoms with E-state index in [1.165, 1.54) is 6.92 Å². The molecule has 0 spiro atoms. The summed E-state index contributed by atoms with van der Waals surface area (Å²) in [5, 5.41) is 7.23. The number of sulfonamides is 1. The number of aromatic nitrogens is 1. The topological polar surface area (TPSA) is 101 Å². The lowest BCUT2D eigenvalue weighted by Gasteiger charge is -2.15. The van der Waals surface area contributed by atoms with E-state index in [9.17, 15) is 13.2 Å². The molecule has 0 fully saturated rings. The van der Waals surface area contributed by atoms with E-state index in [4.69, 9.17) is 4.52 Å². The first-order valence-electron chi connectivity index (χ1n) is 8.05. The van der Waals surface area contributed by atoms with Crippen LogP contribution in [0.5, 0.6) is 0 Å². The molecule has 3 aromatic rings. The number of carbonyl (C=O) groups is 1. The van der Waals surface area contributed by atoms with Crippen molar-refractivity contribution in [1.29, 1.82) is 0 Å². The van der Waals surface area contributed by atoms with Crippen molar-refractivity contribution in [1.82, 2.24) is 9.88 Å². The lowest BCUT2D eigenvalue weighted by molar-refractivity contribution is -0.114. The summed E-state index contributed by atoms with van der Waals surface area (Å²) in [4.78, 5) is 11.2. The Labute approximate surface area is 151 Å². The van der Waals surface area contributed by atoms with Crippen LogP contribution in [0.1, 0.15) is 31.1 Å². The molecular formula is C18H19N3O4S. The van der Waals surface area contributed by atoms with Crippen molar-refractivity contribution in [2.45, 2.75) is 25.6 Å². The summed E-state index contributed by atoms with van der Waals surface area (Å²) in [6.45, 7) is 3.16. The predicted octanol–water partition coefficient (Wildman–Crippen LogP) is 2.97. The molecule has 0 radical (unpaired) electrons. The monoisotopic (exact) mass is 373 g/mol. The van der Waals surface area contributed by atoms with Crippen molar-refractivity contribution >= 4 is 32.6 Å². The highest BCUT2D eigenvalue weighted by atomic mass is 32.2. The third-order valence-electron chi connectivity index (χ3n) is 3.84. The van der Waals surface area contributed by atoms with Gasteiger partial charge in [-0.3, -0.25) is 4.79 Å². The number of hydrogen-bond acceptors (Lipinski definition) is 5.